The topological polar surface area (TPSA) is 0 Å². The first-order valence-electron chi connectivity index (χ1n) is 0. The monoisotopic (exact) mass is 478 g/mol. The van der Waals surface area contributed by atoms with Crippen LogP contribution in [0.5, 0.6) is 0 Å². The molecule has 0 spiro atoms. The zero-order valence-electron chi connectivity index (χ0n) is 7.61. The summed E-state index contributed by atoms with van der Waals surface area (Å²) >= 11 is 0. The maximum atomic E-state index is 0. The number of rotatable bonds is 0. The van der Waals surface area contributed by atoms with Gasteiger partial charge in [-0.3, -0.25) is 0 Å². The molecule has 80 valence electrons. The Hall–Kier alpha value is 7.70. The summed E-state index contributed by atoms with van der Waals surface area (Å²) in [7, 11) is 0. The smallest absolute Gasteiger partial charge is 1.00 e. The molecule has 0 aromatic rings. The molecule has 14 heteroatoms. The summed E-state index contributed by atoms with van der Waals surface area (Å²) in [6.07, 6.45) is 0. The average molecular weight is 483 g/mol. The van der Waals surface area contributed by atoms with E-state index in [1.165, 1.54) is 0 Å². The summed E-state index contributed by atoms with van der Waals surface area (Å²) in [6.45, 7) is 0. The minimum absolute atomic E-state index is 0. The van der Waals surface area contributed by atoms with E-state index in [0.29, 0.717) is 0 Å². The SMILES string of the molecule is Cl.Cl.Cl.P.[Ca+2].[Cl-].[Cl-].[Cl-].[Cl-].[Cl-].[Cl-].[K+].[Mg+2].[Na+]. The molecule has 0 aliphatic heterocycles. The number of halogens is 9. The van der Waals surface area contributed by atoms with Gasteiger partial charge in [0.15, 0.2) is 0 Å². The van der Waals surface area contributed by atoms with Crippen molar-refractivity contribution < 1.29 is 155 Å². The molecule has 0 fully saturated rings. The van der Waals surface area contributed by atoms with Crippen LogP contribution in [0.15, 0.2) is 0 Å². The van der Waals surface area contributed by atoms with Gasteiger partial charge in [-0.05, 0) is 0 Å². The summed E-state index contributed by atoms with van der Waals surface area (Å²) in [5.41, 5.74) is 0. The Kier molecular flexibility index (Phi) is 1520. The van der Waals surface area contributed by atoms with Crippen LogP contribution < -0.4 is 155 Å². The third kappa shape index (κ3) is 116. The number of hydrogen-bond acceptors (Lipinski definition) is 0. The van der Waals surface area contributed by atoms with Crippen LogP contribution in [0.2, 0.25) is 0 Å². The number of hydrogen-bond donors (Lipinski definition) is 0. The van der Waals surface area contributed by atoms with Gasteiger partial charge in [-0.25, -0.2) is 0 Å². The van der Waals surface area contributed by atoms with Crippen LogP contribution in [0.25, 0.3) is 0 Å². The van der Waals surface area contributed by atoms with Gasteiger partial charge >= 0.3 is 142 Å². The van der Waals surface area contributed by atoms with E-state index in [1.807, 2.05) is 0 Å². The largest absolute Gasteiger partial charge is 2.00 e. The molecule has 0 aliphatic rings. The molecule has 14 heavy (non-hydrogen) atoms. The Morgan fingerprint density at radius 1 is 0.500 bits per heavy atom. The van der Waals surface area contributed by atoms with Crippen molar-refractivity contribution in [1.29, 1.82) is 0 Å². The zero-order valence-corrected chi connectivity index (χ0v) is 24.8. The molecule has 0 saturated carbocycles. The van der Waals surface area contributed by atoms with E-state index >= 15 is 0 Å². The normalized spacial score (nSPS) is 0. The summed E-state index contributed by atoms with van der Waals surface area (Å²) in [5, 5.41) is 0. The Labute approximate surface area is 256 Å². The fourth-order valence-corrected chi connectivity index (χ4v) is 0. The predicted octanol–water partition coefficient (Wildman–Crippen LogP) is -23.4. The maximum Gasteiger partial charge on any atom is 2.00 e. The molecule has 0 radical (unpaired) electrons. The fourth-order valence-electron chi connectivity index (χ4n) is 0. The average Bonchev–Trinajstić information content (AvgIpc) is 0. The molecule has 0 nitrogen and oxygen atoms in total. The minimum atomic E-state index is 0. The summed E-state index contributed by atoms with van der Waals surface area (Å²) in [5.74, 6) is 0. The molecule has 0 saturated heterocycles. The van der Waals surface area contributed by atoms with Gasteiger partial charge < -0.3 is 74.4 Å². The second kappa shape index (κ2) is 135. The van der Waals surface area contributed by atoms with E-state index in [-0.39, 0.29) is 263 Å². The zero-order chi connectivity index (χ0) is 0. The van der Waals surface area contributed by atoms with Gasteiger partial charge in [0.05, 0.1) is 0 Å². The van der Waals surface area contributed by atoms with E-state index in [1.54, 1.807) is 0 Å². The van der Waals surface area contributed by atoms with Crippen molar-refractivity contribution in [3.63, 3.8) is 0 Å². The fraction of sp³-hybridized carbons (Fsp3) is 0. The van der Waals surface area contributed by atoms with E-state index in [2.05, 4.69) is 0 Å². The van der Waals surface area contributed by atoms with Gasteiger partial charge in [0, 0.05) is 0 Å². The predicted molar refractivity (Wildman–Crippen MR) is 44.4 cm³/mol. The minimum Gasteiger partial charge on any atom is -1.00 e. The Morgan fingerprint density at radius 3 is 0.500 bits per heavy atom. The molecule has 0 aromatic heterocycles. The van der Waals surface area contributed by atoms with E-state index in [4.69, 9.17) is 0 Å². The van der Waals surface area contributed by atoms with Crippen LogP contribution in [0.1, 0.15) is 0 Å². The van der Waals surface area contributed by atoms with Crippen molar-refractivity contribution in [3.8, 4) is 0 Å². The van der Waals surface area contributed by atoms with Crippen molar-refractivity contribution in [2.24, 2.45) is 0 Å². The van der Waals surface area contributed by atoms with E-state index in [9.17, 15) is 0 Å². The van der Waals surface area contributed by atoms with Gasteiger partial charge in [-0.2, -0.15) is 9.90 Å². The molecule has 0 rings (SSSR count). The molecule has 0 N–H and O–H groups in total. The quantitative estimate of drug-likeness (QED) is 0.238. The Balaban J connectivity index is 0. The van der Waals surface area contributed by atoms with Crippen LogP contribution in [0, 0.1) is 0 Å². The first-order chi connectivity index (χ1) is 0. The second-order valence-corrected chi connectivity index (χ2v) is 0. The Bertz CT molecular complexity index is 24.8. The molecule has 0 heterocycles. The molecular weight excluding hydrogens is 477 g/mol. The van der Waals surface area contributed by atoms with Crippen LogP contribution in [-0.2, 0) is 0 Å². The van der Waals surface area contributed by atoms with Gasteiger partial charge in [0.2, 0.25) is 0 Å². The van der Waals surface area contributed by atoms with Crippen molar-refractivity contribution in [2.75, 3.05) is 0 Å². The molecule has 1 unspecified atom stereocenters. The Morgan fingerprint density at radius 2 is 0.500 bits per heavy atom. The van der Waals surface area contributed by atoms with Gasteiger partial charge in [0.1, 0.15) is 0 Å². The summed E-state index contributed by atoms with van der Waals surface area (Å²) in [6, 6.07) is 0. The van der Waals surface area contributed by atoms with Gasteiger partial charge in [-0.1, -0.05) is 0 Å². The molecule has 0 amide bonds. The molecule has 1 atom stereocenters. The van der Waals surface area contributed by atoms with E-state index in [0.717, 1.165) is 0 Å². The van der Waals surface area contributed by atoms with Crippen molar-refractivity contribution in [3.05, 3.63) is 0 Å². The first-order valence-corrected chi connectivity index (χ1v) is 0. The van der Waals surface area contributed by atoms with Crippen molar-refractivity contribution in [2.45, 2.75) is 0 Å². The second-order valence-electron chi connectivity index (χ2n) is 0. The van der Waals surface area contributed by atoms with Crippen LogP contribution in [0.3, 0.4) is 0 Å². The van der Waals surface area contributed by atoms with Gasteiger partial charge in [0.25, 0.3) is 0 Å². The summed E-state index contributed by atoms with van der Waals surface area (Å²) in [4.78, 5) is 0. The van der Waals surface area contributed by atoms with Crippen molar-refractivity contribution >= 4 is 108 Å². The molecule has 0 bridgehead atoms. The first kappa shape index (κ1) is 157. The summed E-state index contributed by atoms with van der Waals surface area (Å²) < 4.78 is 0. The van der Waals surface area contributed by atoms with Crippen LogP contribution in [-0.4, -0.2) is 60.8 Å². The third-order valence-electron chi connectivity index (χ3n) is 0. The molecule has 0 aromatic carbocycles. The van der Waals surface area contributed by atoms with E-state index < -0.39 is 0 Å². The maximum absolute atomic E-state index is 0. The van der Waals surface area contributed by atoms with Crippen LogP contribution >= 0.6 is 47.1 Å². The molecule has 0 aliphatic carbocycles. The standard InChI is InChI=1S/Ca.9ClH.K.Mg.Na.H3P/h;9*1H;;;;1H3/q+2;;;;;;;;;;+1;+2;+1;/p-6. The van der Waals surface area contributed by atoms with Crippen LogP contribution in [0.4, 0.5) is 0 Å². The molecular formula is H6CaCl9KMgNaP. The van der Waals surface area contributed by atoms with Crippen molar-refractivity contribution in [1.82, 2.24) is 0 Å². The third-order valence-corrected chi connectivity index (χ3v) is 0. The van der Waals surface area contributed by atoms with Gasteiger partial charge in [-0.15, -0.1) is 37.2 Å².